The van der Waals surface area contributed by atoms with Crippen LogP contribution in [0.15, 0.2) is 35.5 Å². The van der Waals surface area contributed by atoms with Crippen LogP contribution < -0.4 is 0 Å². The van der Waals surface area contributed by atoms with Crippen LogP contribution in [0.1, 0.15) is 68.7 Å². The molecule has 0 spiro atoms. The molecule has 0 radical (unpaired) electrons. The van der Waals surface area contributed by atoms with Gasteiger partial charge in [-0.05, 0) is 37.7 Å². The van der Waals surface area contributed by atoms with Crippen molar-refractivity contribution >= 4 is 27.5 Å². The minimum Gasteiger partial charge on any atom is -0.335 e. The highest BCUT2D eigenvalue weighted by Gasteiger charge is 2.38. The number of thioether (sulfide) groups is 1. The predicted molar refractivity (Wildman–Crippen MR) is 129 cm³/mol. The number of carbonyl (C=O) groups is 1. The van der Waals surface area contributed by atoms with E-state index in [1.165, 1.54) is 23.7 Å². The van der Waals surface area contributed by atoms with Gasteiger partial charge in [0.05, 0.1) is 23.8 Å². The van der Waals surface area contributed by atoms with E-state index in [0.29, 0.717) is 18.9 Å². The van der Waals surface area contributed by atoms with Crippen LogP contribution in [0.2, 0.25) is 0 Å². The van der Waals surface area contributed by atoms with Gasteiger partial charge in [0.25, 0.3) is 0 Å². The van der Waals surface area contributed by atoms with E-state index in [4.69, 9.17) is 0 Å². The quantitative estimate of drug-likeness (QED) is 0.528. The molecular weight excluding hydrogens is 456 g/mol. The molecule has 1 unspecified atom stereocenters. The van der Waals surface area contributed by atoms with E-state index in [1.54, 1.807) is 0 Å². The lowest BCUT2D eigenvalue weighted by molar-refractivity contribution is -0.133. The van der Waals surface area contributed by atoms with Crippen LogP contribution >= 0.6 is 11.8 Å². The van der Waals surface area contributed by atoms with Crippen LogP contribution in [0, 0.1) is 0 Å². The number of rotatable bonds is 8. The van der Waals surface area contributed by atoms with E-state index < -0.39 is 9.84 Å². The van der Waals surface area contributed by atoms with Crippen molar-refractivity contribution in [2.75, 3.05) is 17.3 Å². The van der Waals surface area contributed by atoms with Crippen molar-refractivity contribution in [1.29, 1.82) is 0 Å². The summed E-state index contributed by atoms with van der Waals surface area (Å²) in [6.45, 7) is 0.698. The zero-order valence-corrected chi connectivity index (χ0v) is 20.6. The fourth-order valence-corrected chi connectivity index (χ4v) is 7.75. The van der Waals surface area contributed by atoms with Crippen LogP contribution in [0.4, 0.5) is 0 Å². The van der Waals surface area contributed by atoms with Gasteiger partial charge < -0.3 is 9.47 Å². The zero-order valence-electron chi connectivity index (χ0n) is 18.9. The molecule has 2 aromatic rings. The largest absolute Gasteiger partial charge is 0.335 e. The Labute approximate surface area is 200 Å². The summed E-state index contributed by atoms with van der Waals surface area (Å²) in [7, 11) is -3.05. The lowest BCUT2D eigenvalue weighted by atomic mass is 9.93. The maximum atomic E-state index is 13.5. The topological polar surface area (TPSA) is 85.2 Å². The smallest absolute Gasteiger partial charge is 0.233 e. The number of benzene rings is 1. The van der Waals surface area contributed by atoms with Crippen molar-refractivity contribution in [2.45, 2.75) is 81.1 Å². The van der Waals surface area contributed by atoms with Gasteiger partial charge in [-0.2, -0.15) is 0 Å². The van der Waals surface area contributed by atoms with Crippen LogP contribution in [-0.2, 0) is 21.2 Å². The van der Waals surface area contributed by atoms with E-state index in [2.05, 4.69) is 26.9 Å². The monoisotopic (exact) mass is 488 g/mol. The van der Waals surface area contributed by atoms with E-state index >= 15 is 0 Å². The van der Waals surface area contributed by atoms with Gasteiger partial charge in [-0.25, -0.2) is 8.42 Å². The summed E-state index contributed by atoms with van der Waals surface area (Å²) in [5, 5.41) is 9.69. The summed E-state index contributed by atoms with van der Waals surface area (Å²) in [4.78, 5) is 15.4. The average Bonchev–Trinajstić information content (AvgIpc) is 3.49. The lowest BCUT2D eigenvalue weighted by Gasteiger charge is -2.38. The Kier molecular flexibility index (Phi) is 6.79. The molecule has 0 bridgehead atoms. The van der Waals surface area contributed by atoms with E-state index in [9.17, 15) is 13.2 Å². The molecule has 5 rings (SSSR count). The minimum atomic E-state index is -3.05. The molecule has 9 heteroatoms. The van der Waals surface area contributed by atoms with Gasteiger partial charge in [-0.3, -0.25) is 4.79 Å². The van der Waals surface area contributed by atoms with E-state index in [-0.39, 0.29) is 35.2 Å². The van der Waals surface area contributed by atoms with E-state index in [0.717, 1.165) is 49.5 Å². The maximum Gasteiger partial charge on any atom is 0.233 e. The molecule has 3 fully saturated rings. The molecule has 1 amide bonds. The fraction of sp³-hybridized carbons (Fsp3) is 0.625. The van der Waals surface area contributed by atoms with Gasteiger partial charge >= 0.3 is 0 Å². The molecule has 1 aliphatic heterocycles. The minimum absolute atomic E-state index is 0.0382. The summed E-state index contributed by atoms with van der Waals surface area (Å²) < 4.78 is 26.5. The van der Waals surface area contributed by atoms with Crippen molar-refractivity contribution in [2.24, 2.45) is 0 Å². The molecule has 33 heavy (non-hydrogen) atoms. The van der Waals surface area contributed by atoms with E-state index in [1.807, 2.05) is 23.1 Å². The summed E-state index contributed by atoms with van der Waals surface area (Å²) in [6, 6.07) is 10.2. The molecule has 2 heterocycles. The number of nitrogens with zero attached hydrogens (tertiary/aromatic N) is 4. The zero-order chi connectivity index (χ0) is 22.8. The first-order valence-electron chi connectivity index (χ1n) is 12.1. The van der Waals surface area contributed by atoms with Crippen LogP contribution in [0.3, 0.4) is 0 Å². The second kappa shape index (κ2) is 9.78. The average molecular weight is 489 g/mol. The molecule has 7 nitrogen and oxygen atoms in total. The number of aromatic nitrogens is 3. The third-order valence-corrected chi connectivity index (χ3v) is 9.76. The Balaban J connectivity index is 1.32. The molecule has 1 atom stereocenters. The van der Waals surface area contributed by atoms with Crippen LogP contribution in [0.5, 0.6) is 0 Å². The molecule has 2 aliphatic carbocycles. The van der Waals surface area contributed by atoms with Gasteiger partial charge in [0.1, 0.15) is 5.82 Å². The summed E-state index contributed by atoms with van der Waals surface area (Å²) >= 11 is 1.44. The highest BCUT2D eigenvalue weighted by atomic mass is 32.2. The van der Waals surface area contributed by atoms with Crippen LogP contribution in [0.25, 0.3) is 0 Å². The Morgan fingerprint density at radius 1 is 1.00 bits per heavy atom. The molecule has 178 valence electrons. The normalized spacial score (nSPS) is 23.0. The second-order valence-electron chi connectivity index (χ2n) is 9.63. The second-order valence-corrected chi connectivity index (χ2v) is 12.8. The summed E-state index contributed by atoms with van der Waals surface area (Å²) in [5.41, 5.74) is 1.19. The van der Waals surface area contributed by atoms with Crippen LogP contribution in [-0.4, -0.2) is 63.3 Å². The van der Waals surface area contributed by atoms with Gasteiger partial charge in [0, 0.05) is 18.0 Å². The highest BCUT2D eigenvalue weighted by Crippen LogP contribution is 2.40. The first-order chi connectivity index (χ1) is 16.0. The predicted octanol–water partition coefficient (Wildman–Crippen LogP) is 3.64. The molecule has 1 aromatic heterocycles. The first kappa shape index (κ1) is 22.9. The third-order valence-electron chi connectivity index (χ3n) is 7.05. The Bertz CT molecular complexity index is 1080. The van der Waals surface area contributed by atoms with Gasteiger partial charge in [-0.1, -0.05) is 61.4 Å². The number of hydrogen-bond acceptors (Lipinski definition) is 6. The van der Waals surface area contributed by atoms with Gasteiger partial charge in [-0.15, -0.1) is 10.2 Å². The molecule has 3 aliphatic rings. The van der Waals surface area contributed by atoms with Crippen molar-refractivity contribution in [3.8, 4) is 0 Å². The number of carbonyl (C=O) groups excluding carboxylic acids is 1. The highest BCUT2D eigenvalue weighted by molar-refractivity contribution is 7.99. The number of hydrogen-bond donors (Lipinski definition) is 0. The first-order valence-corrected chi connectivity index (χ1v) is 14.9. The van der Waals surface area contributed by atoms with Crippen molar-refractivity contribution in [1.82, 2.24) is 19.7 Å². The standard InChI is InChI=1S/C24H32N4O3S2/c29-22(28(20-9-5-2-6-10-20)21-13-14-33(30,31)17-21)16-32-24-26-25-23(19-11-12-19)27(24)15-18-7-3-1-4-8-18/h1,3-4,7-8,19-21H,2,5-6,9-17H2. The molecule has 1 aromatic carbocycles. The Morgan fingerprint density at radius 3 is 2.42 bits per heavy atom. The third kappa shape index (κ3) is 5.45. The molecule has 0 N–H and O–H groups in total. The summed E-state index contributed by atoms with van der Waals surface area (Å²) in [6.07, 6.45) is 8.21. The summed E-state index contributed by atoms with van der Waals surface area (Å²) in [5.74, 6) is 2.09. The Hall–Kier alpha value is -1.87. The van der Waals surface area contributed by atoms with Gasteiger partial charge in [0.2, 0.25) is 5.91 Å². The maximum absolute atomic E-state index is 13.5. The van der Waals surface area contributed by atoms with Crippen molar-refractivity contribution in [3.63, 3.8) is 0 Å². The number of sulfone groups is 1. The van der Waals surface area contributed by atoms with Gasteiger partial charge in [0.15, 0.2) is 15.0 Å². The molecule has 2 saturated carbocycles. The lowest BCUT2D eigenvalue weighted by Crippen LogP contribution is -2.49. The van der Waals surface area contributed by atoms with Crippen molar-refractivity contribution < 1.29 is 13.2 Å². The number of amides is 1. The molecule has 1 saturated heterocycles. The Morgan fingerprint density at radius 2 is 1.76 bits per heavy atom. The van der Waals surface area contributed by atoms with Crippen molar-refractivity contribution in [3.05, 3.63) is 41.7 Å². The fourth-order valence-electron chi connectivity index (χ4n) is 5.23. The molecular formula is C24H32N4O3S2. The SMILES string of the molecule is O=C(CSc1nnc(C2CC2)n1Cc1ccccc1)N(C1CCCCC1)C1CCS(=O)(=O)C1.